The summed E-state index contributed by atoms with van der Waals surface area (Å²) in [7, 11) is 0. The van der Waals surface area contributed by atoms with Gasteiger partial charge in [-0.25, -0.2) is 0 Å². The standard InChI is InChI=1S/C12H23NO/c1-5-8-9-11-10(4)14-12(6-2)13(11)7-3/h6,10-11H,5,7-9H2,1-4H3. The van der Waals surface area contributed by atoms with Gasteiger partial charge in [0, 0.05) is 6.54 Å². The van der Waals surface area contributed by atoms with Crippen LogP contribution in [0.4, 0.5) is 0 Å². The quantitative estimate of drug-likeness (QED) is 0.686. The lowest BCUT2D eigenvalue weighted by Crippen LogP contribution is -2.33. The number of unbranched alkanes of at least 4 members (excludes halogenated alkanes) is 1. The highest BCUT2D eigenvalue weighted by atomic mass is 16.5. The van der Waals surface area contributed by atoms with Gasteiger partial charge in [-0.15, -0.1) is 0 Å². The zero-order chi connectivity index (χ0) is 10.6. The van der Waals surface area contributed by atoms with E-state index in [-0.39, 0.29) is 0 Å². The monoisotopic (exact) mass is 197 g/mol. The summed E-state index contributed by atoms with van der Waals surface area (Å²) >= 11 is 0. The summed E-state index contributed by atoms with van der Waals surface area (Å²) in [6, 6.07) is 0.589. The van der Waals surface area contributed by atoms with Crippen molar-refractivity contribution in [3.8, 4) is 0 Å². The molecule has 1 rings (SSSR count). The van der Waals surface area contributed by atoms with Crippen LogP contribution in [0.25, 0.3) is 0 Å². The van der Waals surface area contributed by atoms with Crippen molar-refractivity contribution in [2.24, 2.45) is 0 Å². The van der Waals surface area contributed by atoms with Gasteiger partial charge in [-0.1, -0.05) is 19.8 Å². The fraction of sp³-hybridized carbons (Fsp3) is 0.833. The molecule has 0 aliphatic carbocycles. The van der Waals surface area contributed by atoms with Gasteiger partial charge in [0.2, 0.25) is 0 Å². The largest absolute Gasteiger partial charge is 0.474 e. The Hall–Kier alpha value is -0.660. The van der Waals surface area contributed by atoms with Gasteiger partial charge in [-0.2, -0.15) is 0 Å². The summed E-state index contributed by atoms with van der Waals surface area (Å²) in [4.78, 5) is 2.39. The van der Waals surface area contributed by atoms with E-state index in [1.807, 2.05) is 6.92 Å². The number of ether oxygens (including phenoxy) is 1. The summed E-state index contributed by atoms with van der Waals surface area (Å²) in [6.45, 7) is 9.72. The fourth-order valence-corrected chi connectivity index (χ4v) is 2.18. The lowest BCUT2D eigenvalue weighted by molar-refractivity contribution is 0.163. The minimum atomic E-state index is 0.354. The molecule has 1 fully saturated rings. The molecule has 1 saturated heterocycles. The molecular weight excluding hydrogens is 174 g/mol. The molecule has 0 aromatic heterocycles. The van der Waals surface area contributed by atoms with Gasteiger partial charge in [0.05, 0.1) is 6.04 Å². The Balaban J connectivity index is 2.62. The number of hydrogen-bond acceptors (Lipinski definition) is 2. The van der Waals surface area contributed by atoms with Crippen molar-refractivity contribution in [1.82, 2.24) is 4.90 Å². The molecule has 0 bridgehead atoms. The van der Waals surface area contributed by atoms with Gasteiger partial charge in [-0.05, 0) is 33.3 Å². The van der Waals surface area contributed by atoms with E-state index in [2.05, 4.69) is 31.7 Å². The lowest BCUT2D eigenvalue weighted by Gasteiger charge is -2.23. The summed E-state index contributed by atoms with van der Waals surface area (Å²) in [5, 5.41) is 0. The van der Waals surface area contributed by atoms with Crippen molar-refractivity contribution in [3.63, 3.8) is 0 Å². The highest BCUT2D eigenvalue weighted by Gasteiger charge is 2.33. The van der Waals surface area contributed by atoms with Crippen LogP contribution >= 0.6 is 0 Å². The molecular formula is C12H23NO. The second-order valence-corrected chi connectivity index (χ2v) is 3.95. The number of rotatable bonds is 4. The number of likely N-dealkylation sites (N-methyl/N-ethyl adjacent to an activating group) is 1. The Morgan fingerprint density at radius 1 is 1.43 bits per heavy atom. The van der Waals surface area contributed by atoms with Crippen molar-refractivity contribution < 1.29 is 4.74 Å². The molecule has 1 heterocycles. The maximum atomic E-state index is 5.81. The summed E-state index contributed by atoms with van der Waals surface area (Å²) in [5.41, 5.74) is 0. The number of allylic oxidation sites excluding steroid dienone is 1. The van der Waals surface area contributed by atoms with Crippen molar-refractivity contribution >= 4 is 0 Å². The number of hydrogen-bond donors (Lipinski definition) is 0. The molecule has 0 amide bonds. The first-order chi connectivity index (χ1) is 6.74. The zero-order valence-electron chi connectivity index (χ0n) is 9.92. The molecule has 1 aliphatic rings. The van der Waals surface area contributed by atoms with E-state index in [1.165, 1.54) is 19.3 Å². The van der Waals surface area contributed by atoms with E-state index in [9.17, 15) is 0 Å². The van der Waals surface area contributed by atoms with E-state index in [0.29, 0.717) is 12.1 Å². The van der Waals surface area contributed by atoms with Crippen molar-refractivity contribution in [2.75, 3.05) is 6.54 Å². The molecule has 0 aromatic rings. The van der Waals surface area contributed by atoms with E-state index < -0.39 is 0 Å². The van der Waals surface area contributed by atoms with Gasteiger partial charge in [0.15, 0.2) is 5.88 Å². The molecule has 0 spiro atoms. The van der Waals surface area contributed by atoms with Gasteiger partial charge < -0.3 is 9.64 Å². The van der Waals surface area contributed by atoms with Gasteiger partial charge in [0.25, 0.3) is 0 Å². The Bertz CT molecular complexity index is 200. The molecule has 0 aromatic carbocycles. The Morgan fingerprint density at radius 2 is 2.14 bits per heavy atom. The smallest absolute Gasteiger partial charge is 0.185 e. The molecule has 2 unspecified atom stereocenters. The van der Waals surface area contributed by atoms with E-state index in [4.69, 9.17) is 4.74 Å². The summed E-state index contributed by atoms with van der Waals surface area (Å²) < 4.78 is 5.81. The van der Waals surface area contributed by atoms with Crippen LogP contribution in [0.5, 0.6) is 0 Å². The van der Waals surface area contributed by atoms with E-state index in [0.717, 1.165) is 12.4 Å². The Kier molecular flexibility index (Phi) is 4.30. The first kappa shape index (κ1) is 11.4. The van der Waals surface area contributed by atoms with Crippen LogP contribution in [0.1, 0.15) is 47.0 Å². The van der Waals surface area contributed by atoms with Gasteiger partial charge in [0.1, 0.15) is 6.10 Å². The molecule has 2 atom stereocenters. The van der Waals surface area contributed by atoms with Crippen LogP contribution in [0, 0.1) is 0 Å². The van der Waals surface area contributed by atoms with Crippen LogP contribution in [0.2, 0.25) is 0 Å². The topological polar surface area (TPSA) is 12.5 Å². The number of nitrogens with zero attached hydrogens (tertiary/aromatic N) is 1. The van der Waals surface area contributed by atoms with Gasteiger partial charge in [-0.3, -0.25) is 0 Å². The fourth-order valence-electron chi connectivity index (χ4n) is 2.18. The van der Waals surface area contributed by atoms with Crippen molar-refractivity contribution in [2.45, 2.75) is 59.1 Å². The molecule has 0 radical (unpaired) electrons. The Morgan fingerprint density at radius 3 is 2.64 bits per heavy atom. The first-order valence-corrected chi connectivity index (χ1v) is 5.84. The summed E-state index contributed by atoms with van der Waals surface area (Å²) in [5.74, 6) is 1.07. The molecule has 0 saturated carbocycles. The molecule has 2 nitrogen and oxygen atoms in total. The van der Waals surface area contributed by atoms with Gasteiger partial charge >= 0.3 is 0 Å². The predicted octanol–water partition coefficient (Wildman–Crippen LogP) is 3.15. The van der Waals surface area contributed by atoms with Crippen LogP contribution in [0.3, 0.4) is 0 Å². The third-order valence-electron chi connectivity index (χ3n) is 2.97. The molecule has 14 heavy (non-hydrogen) atoms. The van der Waals surface area contributed by atoms with Crippen LogP contribution < -0.4 is 0 Å². The van der Waals surface area contributed by atoms with Crippen LogP contribution in [-0.2, 0) is 4.74 Å². The Labute approximate surface area is 87.9 Å². The minimum absolute atomic E-state index is 0.354. The SMILES string of the molecule is CC=C1OC(C)C(CCCC)N1CC. The maximum Gasteiger partial charge on any atom is 0.185 e. The third kappa shape index (κ3) is 2.23. The molecule has 82 valence electrons. The average molecular weight is 197 g/mol. The second kappa shape index (κ2) is 5.28. The predicted molar refractivity (Wildman–Crippen MR) is 60.0 cm³/mol. The first-order valence-electron chi connectivity index (χ1n) is 5.84. The minimum Gasteiger partial charge on any atom is -0.474 e. The second-order valence-electron chi connectivity index (χ2n) is 3.95. The highest BCUT2D eigenvalue weighted by Crippen LogP contribution is 2.28. The van der Waals surface area contributed by atoms with Crippen LogP contribution in [0.15, 0.2) is 12.0 Å². The lowest BCUT2D eigenvalue weighted by atomic mass is 10.1. The van der Waals surface area contributed by atoms with E-state index in [1.54, 1.807) is 0 Å². The molecule has 2 heteroatoms. The zero-order valence-corrected chi connectivity index (χ0v) is 9.92. The third-order valence-corrected chi connectivity index (χ3v) is 2.97. The average Bonchev–Trinajstić information content (AvgIpc) is 2.51. The molecule has 0 N–H and O–H groups in total. The summed E-state index contributed by atoms with van der Waals surface area (Å²) in [6.07, 6.45) is 6.25. The van der Waals surface area contributed by atoms with E-state index >= 15 is 0 Å². The highest BCUT2D eigenvalue weighted by molar-refractivity contribution is 5.02. The normalized spacial score (nSPS) is 29.7. The van der Waals surface area contributed by atoms with Crippen molar-refractivity contribution in [3.05, 3.63) is 12.0 Å². The van der Waals surface area contributed by atoms with Crippen molar-refractivity contribution in [1.29, 1.82) is 0 Å². The maximum absolute atomic E-state index is 5.81. The molecule has 1 aliphatic heterocycles. The van der Waals surface area contributed by atoms with Crippen LogP contribution in [-0.4, -0.2) is 23.6 Å².